The van der Waals surface area contributed by atoms with Crippen molar-refractivity contribution in [1.82, 2.24) is 9.78 Å². The molecule has 0 saturated carbocycles. The second-order valence-corrected chi connectivity index (χ2v) is 6.95. The van der Waals surface area contributed by atoms with Crippen molar-refractivity contribution in [1.29, 1.82) is 0 Å². The molecule has 23 heavy (non-hydrogen) atoms. The quantitative estimate of drug-likeness (QED) is 0.777. The van der Waals surface area contributed by atoms with E-state index in [0.717, 1.165) is 16.9 Å². The molecule has 4 nitrogen and oxygen atoms in total. The highest BCUT2D eigenvalue weighted by atomic mass is 35.5. The summed E-state index contributed by atoms with van der Waals surface area (Å²) in [6, 6.07) is 11.8. The second kappa shape index (κ2) is 5.83. The minimum absolute atomic E-state index is 0.00431. The van der Waals surface area contributed by atoms with Crippen LogP contribution in [0.25, 0.3) is 0 Å². The number of carbonyl (C=O) groups is 1. The van der Waals surface area contributed by atoms with Gasteiger partial charge in [-0.25, -0.2) is 4.68 Å². The van der Waals surface area contributed by atoms with E-state index in [0.29, 0.717) is 18.0 Å². The van der Waals surface area contributed by atoms with Gasteiger partial charge < -0.3 is 5.32 Å². The maximum absolute atomic E-state index is 12.2. The van der Waals surface area contributed by atoms with E-state index in [1.165, 1.54) is 4.88 Å². The van der Waals surface area contributed by atoms with Crippen LogP contribution >= 0.6 is 22.9 Å². The van der Waals surface area contributed by atoms with E-state index in [9.17, 15) is 4.79 Å². The Hall–Kier alpha value is -2.11. The third-order valence-corrected chi connectivity index (χ3v) is 5.26. The number of amides is 1. The summed E-state index contributed by atoms with van der Waals surface area (Å²) in [6.45, 7) is 0.655. The Balaban J connectivity index is 1.75. The van der Waals surface area contributed by atoms with Gasteiger partial charge in [0.1, 0.15) is 5.82 Å². The number of nitrogens with zero attached hydrogens (tertiary/aromatic N) is 2. The van der Waals surface area contributed by atoms with Crippen molar-refractivity contribution in [3.8, 4) is 0 Å². The Bertz CT molecular complexity index is 857. The topological polar surface area (TPSA) is 46.9 Å². The van der Waals surface area contributed by atoms with E-state index < -0.39 is 0 Å². The van der Waals surface area contributed by atoms with Crippen molar-refractivity contribution in [2.45, 2.75) is 18.9 Å². The summed E-state index contributed by atoms with van der Waals surface area (Å²) in [7, 11) is 0. The minimum Gasteiger partial charge on any atom is -0.311 e. The molecule has 1 aromatic carbocycles. The highest BCUT2D eigenvalue weighted by molar-refractivity contribution is 7.09. The molecule has 1 atom stereocenters. The number of anilines is 1. The zero-order chi connectivity index (χ0) is 15.8. The molecule has 1 aliphatic rings. The fourth-order valence-electron chi connectivity index (χ4n) is 2.98. The number of halogens is 1. The number of benzene rings is 1. The smallest absolute Gasteiger partial charge is 0.226 e. The third kappa shape index (κ3) is 2.66. The molecule has 0 aliphatic carbocycles. The van der Waals surface area contributed by atoms with Crippen molar-refractivity contribution in [3.05, 3.63) is 69.0 Å². The van der Waals surface area contributed by atoms with Gasteiger partial charge in [-0.05, 0) is 23.1 Å². The zero-order valence-corrected chi connectivity index (χ0v) is 13.8. The average Bonchev–Trinajstić information content (AvgIpc) is 3.18. The SMILES string of the molecule is O=C1C[C@H](c2ccccc2Cl)c2cnn(Cc3cccs3)c2N1. The Kier molecular flexibility index (Phi) is 3.67. The van der Waals surface area contributed by atoms with Crippen molar-refractivity contribution >= 4 is 34.7 Å². The molecule has 0 bridgehead atoms. The molecule has 0 unspecified atom stereocenters. The molecule has 3 heterocycles. The number of nitrogens with one attached hydrogen (secondary N) is 1. The van der Waals surface area contributed by atoms with E-state index in [4.69, 9.17) is 11.6 Å². The third-order valence-electron chi connectivity index (χ3n) is 4.06. The lowest BCUT2D eigenvalue weighted by molar-refractivity contribution is -0.116. The van der Waals surface area contributed by atoms with Crippen LogP contribution in [0.2, 0.25) is 5.02 Å². The molecular weight excluding hydrogens is 330 g/mol. The molecule has 2 aromatic heterocycles. The minimum atomic E-state index is -0.0514. The fourth-order valence-corrected chi connectivity index (χ4v) is 3.93. The van der Waals surface area contributed by atoms with Gasteiger partial charge in [0.25, 0.3) is 0 Å². The first-order valence-electron chi connectivity index (χ1n) is 7.35. The van der Waals surface area contributed by atoms with Crippen LogP contribution in [0.5, 0.6) is 0 Å². The van der Waals surface area contributed by atoms with Crippen molar-refractivity contribution in [2.75, 3.05) is 5.32 Å². The van der Waals surface area contributed by atoms with E-state index in [1.54, 1.807) is 11.3 Å². The predicted octanol–water partition coefficient (Wildman–Crippen LogP) is 4.12. The maximum atomic E-state index is 12.2. The number of fused-ring (bicyclic) bond motifs is 1. The van der Waals surface area contributed by atoms with Crippen LogP contribution in [0.1, 0.15) is 28.3 Å². The largest absolute Gasteiger partial charge is 0.311 e. The first kappa shape index (κ1) is 14.5. The van der Waals surface area contributed by atoms with E-state index in [2.05, 4.69) is 16.5 Å². The number of hydrogen-bond acceptors (Lipinski definition) is 3. The Morgan fingerprint density at radius 3 is 2.91 bits per heavy atom. The summed E-state index contributed by atoms with van der Waals surface area (Å²) >= 11 is 8.01. The summed E-state index contributed by atoms with van der Waals surface area (Å²) in [5, 5.41) is 10.2. The van der Waals surface area contributed by atoms with E-state index in [1.807, 2.05) is 46.6 Å². The van der Waals surface area contributed by atoms with Crippen LogP contribution in [0.15, 0.2) is 48.0 Å². The molecule has 0 radical (unpaired) electrons. The summed E-state index contributed by atoms with van der Waals surface area (Å²) in [5.41, 5.74) is 2.00. The standard InChI is InChI=1S/C17H14ClN3OS/c18-15-6-2-1-5-12(15)13-8-16(22)20-17-14(13)9-19-21(17)10-11-4-3-7-23-11/h1-7,9,13H,8,10H2,(H,20,22)/t13-/m1/s1. The Labute approximate surface area is 142 Å². The van der Waals surface area contributed by atoms with Gasteiger partial charge in [0.05, 0.1) is 12.7 Å². The first-order valence-corrected chi connectivity index (χ1v) is 8.60. The lowest BCUT2D eigenvalue weighted by Crippen LogP contribution is -2.25. The van der Waals surface area contributed by atoms with Gasteiger partial charge in [-0.15, -0.1) is 11.3 Å². The highest BCUT2D eigenvalue weighted by Crippen LogP contribution is 2.39. The van der Waals surface area contributed by atoms with Gasteiger partial charge in [-0.3, -0.25) is 4.79 Å². The van der Waals surface area contributed by atoms with Gasteiger partial charge in [0.15, 0.2) is 0 Å². The van der Waals surface area contributed by atoms with Gasteiger partial charge >= 0.3 is 0 Å². The predicted molar refractivity (Wildman–Crippen MR) is 92.2 cm³/mol. The molecule has 4 rings (SSSR count). The molecule has 0 spiro atoms. The Morgan fingerprint density at radius 2 is 2.13 bits per heavy atom. The van der Waals surface area contributed by atoms with Crippen molar-refractivity contribution in [3.63, 3.8) is 0 Å². The van der Waals surface area contributed by atoms with Crippen molar-refractivity contribution < 1.29 is 4.79 Å². The fraction of sp³-hybridized carbons (Fsp3) is 0.176. The normalized spacial score (nSPS) is 16.9. The molecule has 1 amide bonds. The Morgan fingerprint density at radius 1 is 1.26 bits per heavy atom. The molecule has 0 fully saturated rings. The van der Waals surface area contributed by atoms with Crippen LogP contribution in [-0.4, -0.2) is 15.7 Å². The van der Waals surface area contributed by atoms with Crippen LogP contribution in [0.4, 0.5) is 5.82 Å². The van der Waals surface area contributed by atoms with Gasteiger partial charge in [0.2, 0.25) is 5.91 Å². The van der Waals surface area contributed by atoms with Gasteiger partial charge in [0, 0.05) is 27.8 Å². The summed E-state index contributed by atoms with van der Waals surface area (Å²) in [6.07, 6.45) is 2.23. The van der Waals surface area contributed by atoms with Crippen LogP contribution in [-0.2, 0) is 11.3 Å². The maximum Gasteiger partial charge on any atom is 0.226 e. The van der Waals surface area contributed by atoms with Gasteiger partial charge in [-0.1, -0.05) is 35.9 Å². The number of aromatic nitrogens is 2. The number of rotatable bonds is 3. The molecule has 0 saturated heterocycles. The second-order valence-electron chi connectivity index (χ2n) is 5.51. The highest BCUT2D eigenvalue weighted by Gasteiger charge is 2.31. The molecule has 1 N–H and O–H groups in total. The van der Waals surface area contributed by atoms with Crippen LogP contribution in [0, 0.1) is 0 Å². The van der Waals surface area contributed by atoms with Crippen LogP contribution in [0.3, 0.4) is 0 Å². The average molecular weight is 344 g/mol. The molecule has 1 aliphatic heterocycles. The monoisotopic (exact) mass is 343 g/mol. The zero-order valence-electron chi connectivity index (χ0n) is 12.2. The van der Waals surface area contributed by atoms with E-state index >= 15 is 0 Å². The number of thiophene rings is 1. The molecule has 6 heteroatoms. The molecular formula is C17H14ClN3OS. The summed E-state index contributed by atoms with van der Waals surface area (Å²) in [5.74, 6) is 0.722. The molecule has 3 aromatic rings. The van der Waals surface area contributed by atoms with Gasteiger partial charge in [-0.2, -0.15) is 5.10 Å². The van der Waals surface area contributed by atoms with Crippen molar-refractivity contribution in [2.24, 2.45) is 0 Å². The lowest BCUT2D eigenvalue weighted by atomic mass is 9.87. The van der Waals surface area contributed by atoms with Crippen LogP contribution < -0.4 is 5.32 Å². The number of hydrogen-bond donors (Lipinski definition) is 1. The van der Waals surface area contributed by atoms with E-state index in [-0.39, 0.29) is 11.8 Å². The summed E-state index contributed by atoms with van der Waals surface area (Å²) in [4.78, 5) is 13.4. The first-order chi connectivity index (χ1) is 11.2. The number of carbonyl (C=O) groups excluding carboxylic acids is 1. The molecule has 116 valence electrons. The lowest BCUT2D eigenvalue weighted by Gasteiger charge is -2.24. The summed E-state index contributed by atoms with van der Waals surface area (Å²) < 4.78 is 1.85.